The second kappa shape index (κ2) is 6.04. The molecule has 0 saturated carbocycles. The fraction of sp³-hybridized carbons (Fsp3) is 0.250. The fourth-order valence-electron chi connectivity index (χ4n) is 2.45. The Kier molecular flexibility index (Phi) is 4.13. The van der Waals surface area contributed by atoms with E-state index in [2.05, 4.69) is 14.5 Å². The molecule has 0 bridgehead atoms. The molecule has 1 aromatic carbocycles. The highest BCUT2D eigenvalue weighted by Crippen LogP contribution is 2.26. The molecule has 1 unspecified atom stereocenters. The largest absolute Gasteiger partial charge is 0.326 e. The van der Waals surface area contributed by atoms with Crippen molar-refractivity contribution >= 4 is 34.2 Å². The van der Waals surface area contributed by atoms with Crippen LogP contribution in [0.1, 0.15) is 23.7 Å². The van der Waals surface area contributed by atoms with Gasteiger partial charge < -0.3 is 4.57 Å². The number of aromatic nitrogens is 3. The van der Waals surface area contributed by atoms with Crippen molar-refractivity contribution < 1.29 is 0 Å². The normalized spacial score (nSPS) is 12.7. The Hall–Kier alpha value is -1.58. The molecule has 1 atom stereocenters. The van der Waals surface area contributed by atoms with Crippen molar-refractivity contribution in [1.29, 1.82) is 0 Å². The Bertz CT molecular complexity index is 751. The van der Waals surface area contributed by atoms with Crippen molar-refractivity contribution in [3.63, 3.8) is 0 Å². The van der Waals surface area contributed by atoms with Crippen LogP contribution in [0.3, 0.4) is 0 Å². The highest BCUT2D eigenvalue weighted by Gasteiger charge is 2.15. The van der Waals surface area contributed by atoms with Gasteiger partial charge >= 0.3 is 0 Å². The van der Waals surface area contributed by atoms with Crippen LogP contribution in [0.15, 0.2) is 42.7 Å². The summed E-state index contributed by atoms with van der Waals surface area (Å²) < 4.78 is 2.17. The van der Waals surface area contributed by atoms with E-state index in [9.17, 15) is 0 Å². The van der Waals surface area contributed by atoms with Crippen molar-refractivity contribution in [2.24, 2.45) is 0 Å². The Morgan fingerprint density at radius 1 is 1.19 bits per heavy atom. The monoisotopic (exact) mass is 319 g/mol. The lowest BCUT2D eigenvalue weighted by Gasteiger charge is -2.10. The first-order chi connectivity index (χ1) is 10.1. The number of hydrogen-bond acceptors (Lipinski definition) is 2. The molecule has 5 heteroatoms. The van der Waals surface area contributed by atoms with E-state index in [1.54, 1.807) is 0 Å². The molecule has 3 aromatic rings. The number of alkyl halides is 1. The molecule has 0 fully saturated rings. The smallest absolute Gasteiger partial charge is 0.127 e. The first-order valence-electron chi connectivity index (χ1n) is 6.84. The summed E-state index contributed by atoms with van der Waals surface area (Å²) in [5.41, 5.74) is 3.20. The molecule has 0 spiro atoms. The molecule has 0 N–H and O–H groups in total. The molecule has 2 heterocycles. The maximum Gasteiger partial charge on any atom is 0.127 e. The number of hydrogen-bond donors (Lipinski definition) is 0. The van der Waals surface area contributed by atoms with Gasteiger partial charge in [0.1, 0.15) is 5.82 Å². The topological polar surface area (TPSA) is 30.7 Å². The fourth-order valence-corrected chi connectivity index (χ4v) is 2.78. The Labute approximate surface area is 133 Å². The predicted octanol–water partition coefficient (Wildman–Crippen LogP) is 4.63. The number of benzene rings is 1. The third-order valence-corrected chi connectivity index (χ3v) is 3.90. The molecule has 0 aliphatic heterocycles. The standard InChI is InChI=1S/C16H15Cl2N3/c1-11(17)16-20-14-10-13(18)2-3-15(14)21(16)9-6-12-4-7-19-8-5-12/h2-5,7-8,10-11H,6,9H2,1H3. The van der Waals surface area contributed by atoms with Crippen LogP contribution in [0.5, 0.6) is 0 Å². The van der Waals surface area contributed by atoms with Gasteiger partial charge in [0.2, 0.25) is 0 Å². The Morgan fingerprint density at radius 2 is 1.95 bits per heavy atom. The van der Waals surface area contributed by atoms with Crippen molar-refractivity contribution in [3.05, 3.63) is 59.1 Å². The summed E-state index contributed by atoms with van der Waals surface area (Å²) in [6, 6.07) is 9.82. The first kappa shape index (κ1) is 14.4. The molecule has 3 nitrogen and oxygen atoms in total. The summed E-state index contributed by atoms with van der Waals surface area (Å²) >= 11 is 12.3. The second-order valence-corrected chi connectivity index (χ2v) is 6.07. The highest BCUT2D eigenvalue weighted by molar-refractivity contribution is 6.31. The summed E-state index contributed by atoms with van der Waals surface area (Å²) in [6.07, 6.45) is 4.53. The van der Waals surface area contributed by atoms with E-state index >= 15 is 0 Å². The number of aryl methyl sites for hydroxylation is 2. The maximum atomic E-state index is 6.27. The van der Waals surface area contributed by atoms with Gasteiger partial charge in [0.25, 0.3) is 0 Å². The van der Waals surface area contributed by atoms with E-state index in [0.29, 0.717) is 5.02 Å². The third-order valence-electron chi connectivity index (χ3n) is 3.47. The molecule has 21 heavy (non-hydrogen) atoms. The summed E-state index contributed by atoms with van der Waals surface area (Å²) in [5, 5.41) is 0.545. The van der Waals surface area contributed by atoms with Crippen LogP contribution in [0.2, 0.25) is 5.02 Å². The van der Waals surface area contributed by atoms with Crippen molar-refractivity contribution in [2.75, 3.05) is 0 Å². The van der Waals surface area contributed by atoms with Gasteiger partial charge in [-0.15, -0.1) is 11.6 Å². The van der Waals surface area contributed by atoms with Gasteiger partial charge in [-0.1, -0.05) is 11.6 Å². The van der Waals surface area contributed by atoms with Crippen molar-refractivity contribution in [3.8, 4) is 0 Å². The van der Waals surface area contributed by atoms with E-state index in [1.807, 2.05) is 49.6 Å². The van der Waals surface area contributed by atoms with Crippen LogP contribution < -0.4 is 0 Å². The zero-order chi connectivity index (χ0) is 14.8. The van der Waals surface area contributed by atoms with Crippen LogP contribution in [0.4, 0.5) is 0 Å². The van der Waals surface area contributed by atoms with Gasteiger partial charge in [0, 0.05) is 24.0 Å². The van der Waals surface area contributed by atoms with Crippen molar-refractivity contribution in [1.82, 2.24) is 14.5 Å². The average molecular weight is 320 g/mol. The molecule has 0 aliphatic carbocycles. The quantitative estimate of drug-likeness (QED) is 0.656. The molecular weight excluding hydrogens is 305 g/mol. The Balaban J connectivity index is 1.97. The molecule has 0 aliphatic rings. The lowest BCUT2D eigenvalue weighted by Crippen LogP contribution is -2.06. The average Bonchev–Trinajstić information content (AvgIpc) is 2.84. The van der Waals surface area contributed by atoms with Crippen LogP contribution in [-0.4, -0.2) is 14.5 Å². The number of pyridine rings is 1. The summed E-state index contributed by atoms with van der Waals surface area (Å²) in [7, 11) is 0. The highest BCUT2D eigenvalue weighted by atomic mass is 35.5. The SMILES string of the molecule is CC(Cl)c1nc2cc(Cl)ccc2n1CCc1ccncc1. The van der Waals surface area contributed by atoms with E-state index in [1.165, 1.54) is 5.56 Å². The van der Waals surface area contributed by atoms with Gasteiger partial charge in [-0.3, -0.25) is 4.98 Å². The minimum atomic E-state index is -0.145. The Morgan fingerprint density at radius 3 is 2.67 bits per heavy atom. The molecule has 108 valence electrons. The number of nitrogens with zero attached hydrogens (tertiary/aromatic N) is 3. The zero-order valence-corrected chi connectivity index (χ0v) is 13.1. The second-order valence-electron chi connectivity index (χ2n) is 4.98. The lowest BCUT2D eigenvalue weighted by atomic mass is 10.2. The van der Waals surface area contributed by atoms with Gasteiger partial charge in [-0.05, 0) is 49.2 Å². The van der Waals surface area contributed by atoms with Gasteiger partial charge in [-0.25, -0.2) is 4.98 Å². The maximum absolute atomic E-state index is 6.27. The summed E-state index contributed by atoms with van der Waals surface area (Å²) in [5.74, 6) is 0.878. The van der Waals surface area contributed by atoms with E-state index < -0.39 is 0 Å². The van der Waals surface area contributed by atoms with E-state index in [4.69, 9.17) is 23.2 Å². The summed E-state index contributed by atoms with van der Waals surface area (Å²) in [6.45, 7) is 2.77. The number of fused-ring (bicyclic) bond motifs is 1. The van der Waals surface area contributed by atoms with Gasteiger partial charge in [-0.2, -0.15) is 0 Å². The number of rotatable bonds is 4. The number of imidazole rings is 1. The van der Waals surface area contributed by atoms with Crippen LogP contribution in [0, 0.1) is 0 Å². The van der Waals surface area contributed by atoms with Crippen LogP contribution in [-0.2, 0) is 13.0 Å². The van der Waals surface area contributed by atoms with Crippen LogP contribution >= 0.6 is 23.2 Å². The molecular formula is C16H15Cl2N3. The molecule has 0 amide bonds. The molecule has 0 saturated heterocycles. The zero-order valence-electron chi connectivity index (χ0n) is 11.6. The van der Waals surface area contributed by atoms with Gasteiger partial charge in [0.05, 0.1) is 16.4 Å². The first-order valence-corrected chi connectivity index (χ1v) is 7.65. The summed E-state index contributed by atoms with van der Waals surface area (Å²) in [4.78, 5) is 8.66. The number of halogens is 2. The third kappa shape index (κ3) is 3.04. The van der Waals surface area contributed by atoms with Crippen LogP contribution in [0.25, 0.3) is 11.0 Å². The molecule has 2 aromatic heterocycles. The predicted molar refractivity (Wildman–Crippen MR) is 87.0 cm³/mol. The minimum absolute atomic E-state index is 0.145. The van der Waals surface area contributed by atoms with Crippen molar-refractivity contribution in [2.45, 2.75) is 25.3 Å². The molecule has 3 rings (SSSR count). The van der Waals surface area contributed by atoms with Gasteiger partial charge in [0.15, 0.2) is 0 Å². The minimum Gasteiger partial charge on any atom is -0.326 e. The molecule has 0 radical (unpaired) electrons. The van der Waals surface area contributed by atoms with E-state index in [0.717, 1.165) is 29.8 Å². The lowest BCUT2D eigenvalue weighted by molar-refractivity contribution is 0.668. The van der Waals surface area contributed by atoms with E-state index in [-0.39, 0.29) is 5.38 Å².